The summed E-state index contributed by atoms with van der Waals surface area (Å²) in [6.45, 7) is 9.50. The molecule has 0 heterocycles. The Morgan fingerprint density at radius 2 is 1.79 bits per heavy atom. The first-order valence-electron chi connectivity index (χ1n) is 8.13. The molecular weight excluding hydrogens is 236 g/mol. The van der Waals surface area contributed by atoms with Crippen LogP contribution in [0.15, 0.2) is 0 Å². The van der Waals surface area contributed by atoms with Crippen LogP contribution >= 0.6 is 0 Å². The molecule has 0 bridgehead atoms. The zero-order chi connectivity index (χ0) is 14.3. The Hall–Kier alpha value is -0.0800. The van der Waals surface area contributed by atoms with Gasteiger partial charge in [-0.2, -0.15) is 0 Å². The summed E-state index contributed by atoms with van der Waals surface area (Å²) in [5, 5.41) is 20.5. The van der Waals surface area contributed by atoms with E-state index in [9.17, 15) is 10.2 Å². The number of hydrogen-bond acceptors (Lipinski definition) is 2. The predicted molar refractivity (Wildman–Crippen MR) is 78.9 cm³/mol. The van der Waals surface area contributed by atoms with Gasteiger partial charge in [0.2, 0.25) is 0 Å². The van der Waals surface area contributed by atoms with E-state index < -0.39 is 5.60 Å². The monoisotopic (exact) mass is 268 g/mol. The molecule has 112 valence electrons. The van der Waals surface area contributed by atoms with Crippen LogP contribution in [0.25, 0.3) is 0 Å². The highest BCUT2D eigenvalue weighted by molar-refractivity contribution is 5.08. The largest absolute Gasteiger partial charge is 0.396 e. The van der Waals surface area contributed by atoms with Gasteiger partial charge < -0.3 is 10.2 Å². The van der Waals surface area contributed by atoms with Crippen molar-refractivity contribution in [3.63, 3.8) is 0 Å². The zero-order valence-corrected chi connectivity index (χ0v) is 13.2. The Labute approximate surface area is 118 Å². The van der Waals surface area contributed by atoms with Gasteiger partial charge in [-0.05, 0) is 61.2 Å². The quantitative estimate of drug-likeness (QED) is 0.818. The average Bonchev–Trinajstić information content (AvgIpc) is 2.33. The summed E-state index contributed by atoms with van der Waals surface area (Å²) in [5.74, 6) is 0.949. The Kier molecular flexibility index (Phi) is 4.06. The van der Waals surface area contributed by atoms with E-state index >= 15 is 0 Å². The second-order valence-corrected chi connectivity index (χ2v) is 7.96. The summed E-state index contributed by atoms with van der Waals surface area (Å²) >= 11 is 0. The van der Waals surface area contributed by atoms with Crippen molar-refractivity contribution in [2.75, 3.05) is 6.61 Å². The molecule has 0 aliphatic heterocycles. The van der Waals surface area contributed by atoms with E-state index in [0.29, 0.717) is 11.3 Å². The van der Waals surface area contributed by atoms with Gasteiger partial charge >= 0.3 is 0 Å². The molecule has 2 nitrogen and oxygen atoms in total. The Morgan fingerprint density at radius 3 is 2.37 bits per heavy atom. The number of aliphatic hydroxyl groups is 2. The van der Waals surface area contributed by atoms with Crippen LogP contribution in [-0.4, -0.2) is 22.4 Å². The molecule has 0 amide bonds. The number of rotatable bonds is 3. The van der Waals surface area contributed by atoms with Crippen LogP contribution in [-0.2, 0) is 0 Å². The van der Waals surface area contributed by atoms with E-state index in [2.05, 4.69) is 27.7 Å². The molecule has 2 N–H and O–H groups in total. The van der Waals surface area contributed by atoms with E-state index in [1.54, 1.807) is 0 Å². The fourth-order valence-electron chi connectivity index (χ4n) is 5.64. The van der Waals surface area contributed by atoms with E-state index in [0.717, 1.165) is 25.7 Å². The predicted octanol–water partition coefficient (Wildman–Crippen LogP) is 3.75. The first-order chi connectivity index (χ1) is 8.80. The molecule has 2 aliphatic carbocycles. The van der Waals surface area contributed by atoms with Crippen LogP contribution in [0.2, 0.25) is 0 Å². The van der Waals surface area contributed by atoms with Gasteiger partial charge in [0.05, 0.1) is 5.60 Å². The minimum absolute atomic E-state index is 0.202. The van der Waals surface area contributed by atoms with Crippen molar-refractivity contribution in [1.82, 2.24) is 0 Å². The summed E-state index contributed by atoms with van der Waals surface area (Å²) in [4.78, 5) is 0. The summed E-state index contributed by atoms with van der Waals surface area (Å²) in [5.41, 5.74) is 0.0324. The normalized spacial score (nSPS) is 45.8. The lowest BCUT2D eigenvalue weighted by Gasteiger charge is -2.61. The van der Waals surface area contributed by atoms with Crippen LogP contribution < -0.4 is 0 Å². The molecule has 0 saturated heterocycles. The molecule has 0 aromatic carbocycles. The van der Waals surface area contributed by atoms with E-state index in [4.69, 9.17) is 0 Å². The maximum Gasteiger partial charge on any atom is 0.0679 e. The molecule has 0 unspecified atom stereocenters. The molecule has 4 atom stereocenters. The zero-order valence-electron chi connectivity index (χ0n) is 13.2. The second kappa shape index (κ2) is 5.04. The van der Waals surface area contributed by atoms with Crippen molar-refractivity contribution in [2.45, 2.75) is 78.2 Å². The highest BCUT2D eigenvalue weighted by Gasteiger charge is 2.58. The van der Waals surface area contributed by atoms with Gasteiger partial charge in [0, 0.05) is 6.61 Å². The van der Waals surface area contributed by atoms with Crippen molar-refractivity contribution in [3.8, 4) is 0 Å². The summed E-state index contributed by atoms with van der Waals surface area (Å²) in [6.07, 6.45) is 7.43. The lowest BCUT2D eigenvalue weighted by Crippen LogP contribution is -2.58. The van der Waals surface area contributed by atoms with E-state index in [-0.39, 0.29) is 17.9 Å². The minimum Gasteiger partial charge on any atom is -0.396 e. The maximum absolute atomic E-state index is 11.0. The summed E-state index contributed by atoms with van der Waals surface area (Å²) in [6, 6.07) is 0. The first kappa shape index (κ1) is 15.3. The molecule has 2 aliphatic rings. The van der Waals surface area contributed by atoms with Gasteiger partial charge in [-0.15, -0.1) is 0 Å². The van der Waals surface area contributed by atoms with Gasteiger partial charge in [-0.3, -0.25) is 0 Å². The van der Waals surface area contributed by atoms with Crippen LogP contribution in [0.5, 0.6) is 0 Å². The maximum atomic E-state index is 11.0. The first-order valence-corrected chi connectivity index (χ1v) is 8.13. The lowest BCUT2D eigenvalue weighted by molar-refractivity contribution is -0.180. The van der Waals surface area contributed by atoms with Gasteiger partial charge in [0.1, 0.15) is 0 Å². The van der Waals surface area contributed by atoms with Crippen molar-refractivity contribution in [2.24, 2.45) is 22.7 Å². The van der Waals surface area contributed by atoms with Gasteiger partial charge in [0.25, 0.3) is 0 Å². The Balaban J connectivity index is 2.37. The van der Waals surface area contributed by atoms with Crippen LogP contribution in [0.3, 0.4) is 0 Å². The molecule has 0 radical (unpaired) electrons. The highest BCUT2D eigenvalue weighted by Crippen LogP contribution is 2.63. The summed E-state index contributed by atoms with van der Waals surface area (Å²) < 4.78 is 0. The minimum atomic E-state index is -0.554. The topological polar surface area (TPSA) is 40.5 Å². The molecule has 0 aromatic heterocycles. The van der Waals surface area contributed by atoms with Crippen molar-refractivity contribution in [3.05, 3.63) is 0 Å². The SMILES string of the molecule is CC[C@@]1(O)CC[C@H]2C(C)(C)CCC[C@]2(C)[C@@H]1CCO. The smallest absolute Gasteiger partial charge is 0.0679 e. The third kappa shape index (κ3) is 2.35. The number of aliphatic hydroxyl groups excluding tert-OH is 1. The second-order valence-electron chi connectivity index (χ2n) is 7.96. The van der Waals surface area contributed by atoms with Crippen molar-refractivity contribution >= 4 is 0 Å². The average molecular weight is 268 g/mol. The van der Waals surface area contributed by atoms with E-state index in [1.165, 1.54) is 19.3 Å². The van der Waals surface area contributed by atoms with Gasteiger partial charge in [-0.25, -0.2) is 0 Å². The molecule has 0 spiro atoms. The fraction of sp³-hybridized carbons (Fsp3) is 1.00. The molecule has 0 aromatic rings. The molecular formula is C17H32O2. The number of hydrogen-bond donors (Lipinski definition) is 2. The third-order valence-electron chi connectivity index (χ3n) is 6.62. The van der Waals surface area contributed by atoms with Crippen molar-refractivity contribution < 1.29 is 10.2 Å². The molecule has 2 rings (SSSR count). The van der Waals surface area contributed by atoms with Gasteiger partial charge in [-0.1, -0.05) is 34.1 Å². The fourth-order valence-corrected chi connectivity index (χ4v) is 5.64. The van der Waals surface area contributed by atoms with Crippen molar-refractivity contribution in [1.29, 1.82) is 0 Å². The number of fused-ring (bicyclic) bond motifs is 1. The van der Waals surface area contributed by atoms with Crippen LogP contribution in [0, 0.1) is 22.7 Å². The molecule has 2 saturated carbocycles. The molecule has 2 fully saturated rings. The molecule has 19 heavy (non-hydrogen) atoms. The Bertz CT molecular complexity index is 325. The summed E-state index contributed by atoms with van der Waals surface area (Å²) in [7, 11) is 0. The highest BCUT2D eigenvalue weighted by atomic mass is 16.3. The van der Waals surface area contributed by atoms with E-state index in [1.807, 2.05) is 0 Å². The standard InChI is InChI=1S/C17H32O2/c1-5-17(19)11-7-13-15(2,3)9-6-10-16(13,4)14(17)8-12-18/h13-14,18-19H,5-12H2,1-4H3/t13-,14-,16-,17+/m0/s1. The lowest BCUT2D eigenvalue weighted by atomic mass is 9.45. The molecule has 2 heteroatoms. The Morgan fingerprint density at radius 1 is 1.11 bits per heavy atom. The third-order valence-corrected chi connectivity index (χ3v) is 6.62. The van der Waals surface area contributed by atoms with Crippen LogP contribution in [0.1, 0.15) is 72.6 Å². The van der Waals surface area contributed by atoms with Gasteiger partial charge in [0.15, 0.2) is 0 Å². The van der Waals surface area contributed by atoms with Crippen LogP contribution in [0.4, 0.5) is 0 Å².